The highest BCUT2D eigenvalue weighted by Crippen LogP contribution is 2.51. The molecule has 20 heteroatoms. The Bertz CT molecular complexity index is 2420. The number of benzene rings is 2. The number of carbonyl (C=O) groups excluding carboxylic acids is 1. The van der Waals surface area contributed by atoms with E-state index in [1.807, 2.05) is 30.2 Å². The maximum absolute atomic E-state index is 12.2. The monoisotopic (exact) mass is 955 g/mol. The lowest BCUT2D eigenvalue weighted by Crippen LogP contribution is -2.30. The summed E-state index contributed by atoms with van der Waals surface area (Å²) in [5, 5.41) is 0. The van der Waals surface area contributed by atoms with Crippen LogP contribution in [-0.4, -0.2) is 90.6 Å². The Morgan fingerprint density at radius 1 is 0.764 bits per heavy atom. The first kappa shape index (κ1) is 44.9. The molecule has 0 saturated carbocycles. The van der Waals surface area contributed by atoms with Gasteiger partial charge >= 0.3 is 0 Å². The Balaban J connectivity index is 1.78. The maximum Gasteiger partial charge on any atom is 0.294 e. The molecule has 0 fully saturated rings. The zero-order valence-corrected chi connectivity index (χ0v) is 35.7. The zero-order chi connectivity index (χ0) is 41.2. The van der Waals surface area contributed by atoms with Crippen LogP contribution in [0.2, 0.25) is 0 Å². The van der Waals surface area contributed by atoms with Crippen molar-refractivity contribution in [3.05, 3.63) is 83.6 Å². The van der Waals surface area contributed by atoms with E-state index >= 15 is 0 Å². The molecule has 2 heterocycles. The molecule has 0 spiro atoms. The van der Waals surface area contributed by atoms with Crippen LogP contribution in [0.15, 0.2) is 82.3 Å². The number of fused-ring (bicyclic) bond motifs is 2. The predicted octanol–water partition coefficient (Wildman–Crippen LogP) is 5.41. The number of hydrogen-bond donors (Lipinski definition) is 4. The smallest absolute Gasteiger partial charge is 0.294 e. The summed E-state index contributed by atoms with van der Waals surface area (Å²) in [6, 6.07) is 8.29. The van der Waals surface area contributed by atoms with Gasteiger partial charge in [-0.1, -0.05) is 24.6 Å². The van der Waals surface area contributed by atoms with Crippen molar-refractivity contribution < 1.29 is 61.3 Å². The number of allylic oxidation sites excluding steroid dienone is 6. The van der Waals surface area contributed by atoms with Crippen LogP contribution in [0.3, 0.4) is 0 Å². The summed E-state index contributed by atoms with van der Waals surface area (Å²) < 4.78 is 135. The van der Waals surface area contributed by atoms with Crippen molar-refractivity contribution in [2.45, 2.75) is 79.9 Å². The van der Waals surface area contributed by atoms with E-state index < -0.39 is 62.8 Å². The van der Waals surface area contributed by atoms with Crippen LogP contribution in [0.4, 0.5) is 11.4 Å². The molecule has 0 radical (unpaired) electrons. The lowest BCUT2D eigenvalue weighted by atomic mass is 9.77. The molecule has 0 saturated heterocycles. The quantitative estimate of drug-likeness (QED) is 0.0365. The second-order valence-electron chi connectivity index (χ2n) is 14.1. The summed E-state index contributed by atoms with van der Waals surface area (Å²) in [5.74, 6) is -1.03. The van der Waals surface area contributed by atoms with E-state index in [4.69, 9.17) is 0 Å². The van der Waals surface area contributed by atoms with Gasteiger partial charge in [-0.25, -0.2) is 0 Å². The molecule has 2 aromatic rings. The van der Waals surface area contributed by atoms with Crippen molar-refractivity contribution in [3.63, 3.8) is 0 Å². The Kier molecular flexibility index (Phi) is 13.8. The Morgan fingerprint density at radius 2 is 1.35 bits per heavy atom. The maximum atomic E-state index is 12.2. The van der Waals surface area contributed by atoms with Gasteiger partial charge in [0.05, 0.1) is 26.7 Å². The van der Waals surface area contributed by atoms with E-state index in [0.717, 1.165) is 0 Å². The highest BCUT2D eigenvalue weighted by Gasteiger charge is 2.45. The molecule has 0 bridgehead atoms. The highest BCUT2D eigenvalue weighted by molar-refractivity contribution is 14.1. The van der Waals surface area contributed by atoms with E-state index in [-0.39, 0.29) is 39.5 Å². The lowest BCUT2D eigenvalue weighted by Gasteiger charge is -2.30. The zero-order valence-electron chi connectivity index (χ0n) is 30.3. The van der Waals surface area contributed by atoms with Gasteiger partial charge in [-0.3, -0.25) is 23.0 Å². The average molecular weight is 956 g/mol. The molecule has 1 atom stereocenters. The largest absolute Gasteiger partial charge is 0.344 e. The van der Waals surface area contributed by atoms with Gasteiger partial charge < -0.3 is 4.90 Å². The number of anilines is 1. The van der Waals surface area contributed by atoms with Crippen molar-refractivity contribution >= 4 is 83.9 Å². The minimum Gasteiger partial charge on any atom is -0.344 e. The Labute approximate surface area is 336 Å². The van der Waals surface area contributed by atoms with E-state index in [1.54, 1.807) is 53.0 Å². The van der Waals surface area contributed by atoms with Gasteiger partial charge in [0.25, 0.3) is 40.5 Å². The molecule has 2 aliphatic rings. The first-order valence-electron chi connectivity index (χ1n) is 17.1. The summed E-state index contributed by atoms with van der Waals surface area (Å²) in [6.45, 7) is 5.85. The molecule has 0 amide bonds. The lowest BCUT2D eigenvalue weighted by molar-refractivity contribution is -0.437. The van der Waals surface area contributed by atoms with Gasteiger partial charge in [-0.05, 0) is 105 Å². The molecule has 302 valence electrons. The second kappa shape index (κ2) is 16.9. The first-order chi connectivity index (χ1) is 25.3. The molecule has 55 heavy (non-hydrogen) atoms. The molecule has 1 unspecified atom stereocenters. The molecule has 0 aromatic heterocycles. The fourth-order valence-corrected chi connectivity index (χ4v) is 9.55. The molecule has 15 nitrogen and oxygen atoms in total. The predicted molar refractivity (Wildman–Crippen MR) is 216 cm³/mol. The molecule has 0 aliphatic carbocycles. The fraction of sp³-hybridized carbons (Fsp3) is 0.429. The molecule has 4 rings (SSSR count). The molecule has 2 aliphatic heterocycles. The third kappa shape index (κ3) is 11.2. The normalized spacial score (nSPS) is 19.6. The van der Waals surface area contributed by atoms with E-state index in [2.05, 4.69) is 0 Å². The van der Waals surface area contributed by atoms with Crippen molar-refractivity contribution in [2.24, 2.45) is 0 Å². The van der Waals surface area contributed by atoms with Gasteiger partial charge in [0.1, 0.15) is 6.54 Å². The minimum atomic E-state index is -4.58. The van der Waals surface area contributed by atoms with Crippen molar-refractivity contribution in [2.75, 3.05) is 29.5 Å². The summed E-state index contributed by atoms with van der Waals surface area (Å²) in [5.41, 5.74) is 1.94. The van der Waals surface area contributed by atoms with Gasteiger partial charge in [-0.15, -0.1) is 0 Å². The number of rotatable bonds is 18. The van der Waals surface area contributed by atoms with Crippen LogP contribution in [0.1, 0.15) is 70.4 Å². The van der Waals surface area contributed by atoms with Gasteiger partial charge in [0, 0.05) is 53.9 Å². The summed E-state index contributed by atoms with van der Waals surface area (Å²) in [7, 11) is -17.6. The SMILES string of the molecule is CC1(C)C(C=CC=CC=C2N(CCCS(=O)(=O)O)c3ccc(S(=O)(=O)O)cc3C2(C)CCCCC(=O)I)=[N+](CCCS(=O)(=O)O)c2ccc(S(=O)(=O)O)cc21. The van der Waals surface area contributed by atoms with Crippen LogP contribution in [-0.2, 0) is 56.1 Å². The van der Waals surface area contributed by atoms with Crippen LogP contribution < -0.4 is 4.90 Å². The minimum absolute atomic E-state index is 0.0113. The molecular weight excluding hydrogens is 912 g/mol. The van der Waals surface area contributed by atoms with Crippen LogP contribution >= 0.6 is 22.6 Å². The first-order valence-corrected chi connectivity index (χ1v) is 24.2. The number of halogens is 1. The second-order valence-corrected chi connectivity index (χ2v) is 21.3. The van der Waals surface area contributed by atoms with Crippen molar-refractivity contribution in [1.82, 2.24) is 0 Å². The van der Waals surface area contributed by atoms with Gasteiger partial charge in [0.2, 0.25) is 5.69 Å². The van der Waals surface area contributed by atoms with Crippen LogP contribution in [0.25, 0.3) is 0 Å². The number of unbranched alkanes of at least 4 members (excludes halogenated alkanes) is 1. The van der Waals surface area contributed by atoms with Gasteiger partial charge in [-0.2, -0.15) is 38.2 Å². The van der Waals surface area contributed by atoms with E-state index in [1.165, 1.54) is 36.4 Å². The van der Waals surface area contributed by atoms with Crippen LogP contribution in [0, 0.1) is 0 Å². The van der Waals surface area contributed by atoms with E-state index in [0.29, 0.717) is 59.6 Å². The topological polar surface area (TPSA) is 241 Å². The summed E-state index contributed by atoms with van der Waals surface area (Å²) >= 11 is 1.72. The third-order valence-electron chi connectivity index (χ3n) is 9.77. The Morgan fingerprint density at radius 3 is 1.93 bits per heavy atom. The summed E-state index contributed by atoms with van der Waals surface area (Å²) in [6.07, 6.45) is 10.7. The average Bonchev–Trinajstić information content (AvgIpc) is 3.40. The molecule has 4 N–H and O–H groups in total. The van der Waals surface area contributed by atoms with Crippen molar-refractivity contribution in [3.8, 4) is 0 Å². The number of carbonyl (C=O) groups is 1. The van der Waals surface area contributed by atoms with Gasteiger partial charge in [0.15, 0.2) is 9.50 Å². The molecule has 2 aromatic carbocycles. The van der Waals surface area contributed by atoms with Crippen LogP contribution in [0.5, 0.6) is 0 Å². The molecular formula is C35H44IN2O13S4+. The number of nitrogens with zero attached hydrogens (tertiary/aromatic N) is 2. The highest BCUT2D eigenvalue weighted by atomic mass is 127. The Hall–Kier alpha value is -2.83. The number of hydrogen-bond acceptors (Lipinski definition) is 10. The third-order valence-corrected chi connectivity index (χ3v) is 13.6. The summed E-state index contributed by atoms with van der Waals surface area (Å²) in [4.78, 5) is 12.9. The standard InChI is InChI=1S/C35H43IN2O13S4/c1-34(2)27-23-25(54(46,47)48)14-16-29(27)37(19-9-21-52(40,41)42)31(34)11-5-4-6-12-32-35(3,18-8-7-13-33(36)39)28-24-26(55(49,50)51)15-17-30(28)38(32)20-10-22-53(43,44)45/h4-6,11-12,14-17,23-24H,7-10,13,18-22H2,1-3H3,(H3-,40,41,42,43,44,45,46,47,48,49,50,51)/p+1. The van der Waals surface area contributed by atoms with E-state index in [9.17, 15) is 56.7 Å². The fourth-order valence-electron chi connectivity index (χ4n) is 7.16. The van der Waals surface area contributed by atoms with Crippen molar-refractivity contribution in [1.29, 1.82) is 0 Å².